The predicted molar refractivity (Wildman–Crippen MR) is 138 cm³/mol. The number of benzene rings is 1. The third-order valence-corrected chi connectivity index (χ3v) is 7.23. The molecule has 0 aliphatic carbocycles. The molecular weight excluding hydrogens is 438 g/mol. The van der Waals surface area contributed by atoms with Crippen LogP contribution >= 0.6 is 0 Å². The zero-order chi connectivity index (χ0) is 23.8. The van der Waals surface area contributed by atoms with Crippen molar-refractivity contribution in [2.75, 3.05) is 38.5 Å². The molecule has 35 heavy (non-hydrogen) atoms. The number of aromatic nitrogens is 4. The molecule has 2 aliphatic rings. The van der Waals surface area contributed by atoms with Crippen molar-refractivity contribution in [2.24, 2.45) is 0 Å². The van der Waals surface area contributed by atoms with E-state index in [2.05, 4.69) is 42.7 Å². The Bertz CT molecular complexity index is 1420. The van der Waals surface area contributed by atoms with Crippen LogP contribution in [0.15, 0.2) is 61.2 Å². The normalized spacial score (nSPS) is 19.0. The molecule has 8 nitrogen and oxygen atoms in total. The Hall–Kier alpha value is -3.78. The van der Waals surface area contributed by atoms with E-state index in [9.17, 15) is 4.79 Å². The van der Waals surface area contributed by atoms with E-state index in [1.54, 1.807) is 6.08 Å². The Morgan fingerprint density at radius 1 is 1.11 bits per heavy atom. The molecule has 2 aliphatic heterocycles. The predicted octanol–water partition coefficient (Wildman–Crippen LogP) is 3.65. The molecule has 1 aromatic carbocycles. The minimum Gasteiger partial charge on any atom is -0.383 e. The van der Waals surface area contributed by atoms with Gasteiger partial charge in [0.15, 0.2) is 0 Å². The number of hydrogen-bond donors (Lipinski definition) is 1. The van der Waals surface area contributed by atoms with Gasteiger partial charge in [-0.15, -0.1) is 0 Å². The molecule has 2 fully saturated rings. The Balaban J connectivity index is 1.27. The van der Waals surface area contributed by atoms with Crippen molar-refractivity contribution in [3.05, 3.63) is 61.2 Å². The number of nitrogen functional groups attached to an aromatic ring is 1. The summed E-state index contributed by atoms with van der Waals surface area (Å²) in [6.07, 6.45) is 12.6. The lowest BCUT2D eigenvalue weighted by Gasteiger charge is -2.16. The number of likely N-dealkylation sites (tertiary alicyclic amines) is 2. The number of amides is 1. The van der Waals surface area contributed by atoms with Crippen molar-refractivity contribution >= 4 is 33.7 Å². The van der Waals surface area contributed by atoms with E-state index >= 15 is 0 Å². The first-order chi connectivity index (χ1) is 17.2. The third kappa shape index (κ3) is 4.14. The average molecular weight is 468 g/mol. The maximum atomic E-state index is 12.8. The number of anilines is 1. The molecule has 178 valence electrons. The highest BCUT2D eigenvalue weighted by molar-refractivity contribution is 6.01. The molecule has 4 aromatic rings. The lowest BCUT2D eigenvalue weighted by Crippen LogP contribution is -2.28. The zero-order valence-electron chi connectivity index (χ0n) is 19.7. The number of pyridine rings is 1. The molecule has 0 saturated carbocycles. The Morgan fingerprint density at radius 2 is 1.97 bits per heavy atom. The van der Waals surface area contributed by atoms with E-state index in [-0.39, 0.29) is 11.9 Å². The molecular formula is C27H29N7O. The molecule has 1 amide bonds. The maximum absolute atomic E-state index is 12.8. The summed E-state index contributed by atoms with van der Waals surface area (Å²) >= 11 is 0. The topological polar surface area (TPSA) is 93.2 Å². The van der Waals surface area contributed by atoms with Crippen LogP contribution in [0, 0.1) is 0 Å². The van der Waals surface area contributed by atoms with Crippen LogP contribution in [0.1, 0.15) is 25.3 Å². The van der Waals surface area contributed by atoms with E-state index < -0.39 is 0 Å². The van der Waals surface area contributed by atoms with Crippen molar-refractivity contribution in [1.82, 2.24) is 29.3 Å². The summed E-state index contributed by atoms with van der Waals surface area (Å²) in [7, 11) is 0. The number of carbonyl (C=O) groups is 1. The first-order valence-electron chi connectivity index (χ1n) is 12.3. The van der Waals surface area contributed by atoms with Crippen molar-refractivity contribution in [3.8, 4) is 11.1 Å². The highest BCUT2D eigenvalue weighted by Gasteiger charge is 2.29. The summed E-state index contributed by atoms with van der Waals surface area (Å²) < 4.78 is 2.17. The fourth-order valence-corrected chi connectivity index (χ4v) is 5.37. The lowest BCUT2D eigenvalue weighted by atomic mass is 10.1. The standard InChI is InChI=1S/C27H29N7O/c28-26-25-22(20-14-19-6-1-2-7-23(19)29-15-20)17-34(27(25)31-18-30-26)21-9-13-33(16-21)24(35)8-5-12-32-10-3-4-11-32/h1-2,5-8,14-15,17-18,21H,3-4,9-13,16H2,(H2,28,30,31)/t21-/m1/s1. The second-order valence-electron chi connectivity index (χ2n) is 9.46. The van der Waals surface area contributed by atoms with E-state index in [0.29, 0.717) is 12.4 Å². The van der Waals surface area contributed by atoms with Crippen molar-refractivity contribution in [2.45, 2.75) is 25.3 Å². The second kappa shape index (κ2) is 9.11. The smallest absolute Gasteiger partial charge is 0.246 e. The number of carbonyl (C=O) groups excluding carboxylic acids is 1. The van der Waals surface area contributed by atoms with Crippen LogP contribution in [-0.2, 0) is 4.79 Å². The molecule has 0 unspecified atom stereocenters. The third-order valence-electron chi connectivity index (χ3n) is 7.23. The lowest BCUT2D eigenvalue weighted by molar-refractivity contribution is -0.125. The summed E-state index contributed by atoms with van der Waals surface area (Å²) in [5, 5.41) is 1.90. The van der Waals surface area contributed by atoms with Crippen molar-refractivity contribution in [3.63, 3.8) is 0 Å². The number of rotatable bonds is 5. The molecule has 0 radical (unpaired) electrons. The zero-order valence-corrected chi connectivity index (χ0v) is 19.7. The highest BCUT2D eigenvalue weighted by atomic mass is 16.2. The summed E-state index contributed by atoms with van der Waals surface area (Å²) in [4.78, 5) is 30.6. The largest absolute Gasteiger partial charge is 0.383 e. The molecule has 3 aromatic heterocycles. The van der Waals surface area contributed by atoms with Crippen LogP contribution in [0.2, 0.25) is 0 Å². The number of para-hydroxylation sites is 1. The number of hydrogen-bond acceptors (Lipinski definition) is 6. The summed E-state index contributed by atoms with van der Waals surface area (Å²) in [6.45, 7) is 4.49. The van der Waals surface area contributed by atoms with Gasteiger partial charge in [-0.1, -0.05) is 24.3 Å². The minimum absolute atomic E-state index is 0.0799. The summed E-state index contributed by atoms with van der Waals surface area (Å²) in [5.74, 6) is 0.531. The molecule has 1 atom stereocenters. The number of nitrogens with zero attached hydrogens (tertiary/aromatic N) is 6. The van der Waals surface area contributed by atoms with Crippen molar-refractivity contribution in [1.29, 1.82) is 0 Å². The highest BCUT2D eigenvalue weighted by Crippen LogP contribution is 2.36. The summed E-state index contributed by atoms with van der Waals surface area (Å²) in [5.41, 5.74) is 10.0. The molecule has 2 N–H and O–H groups in total. The van der Waals surface area contributed by atoms with Gasteiger partial charge in [0.1, 0.15) is 17.8 Å². The summed E-state index contributed by atoms with van der Waals surface area (Å²) in [6, 6.07) is 10.3. The van der Waals surface area contributed by atoms with E-state index in [4.69, 9.17) is 5.73 Å². The van der Waals surface area contributed by atoms with Gasteiger partial charge in [-0.05, 0) is 44.5 Å². The first kappa shape index (κ1) is 21.7. The van der Waals surface area contributed by atoms with Crippen LogP contribution in [-0.4, -0.2) is 67.9 Å². The van der Waals surface area contributed by atoms with Gasteiger partial charge in [0, 0.05) is 54.6 Å². The number of nitrogens with two attached hydrogens (primary N) is 1. The van der Waals surface area contributed by atoms with Crippen LogP contribution < -0.4 is 5.73 Å². The van der Waals surface area contributed by atoms with Crippen LogP contribution in [0.25, 0.3) is 33.1 Å². The monoisotopic (exact) mass is 467 g/mol. The first-order valence-corrected chi connectivity index (χ1v) is 12.3. The Kier molecular flexibility index (Phi) is 5.66. The van der Waals surface area contributed by atoms with E-state index in [1.165, 1.54) is 19.2 Å². The van der Waals surface area contributed by atoms with Gasteiger partial charge in [0.25, 0.3) is 0 Å². The molecule has 0 bridgehead atoms. The van der Waals surface area contributed by atoms with Crippen molar-refractivity contribution < 1.29 is 4.79 Å². The molecule has 6 rings (SSSR count). The SMILES string of the molecule is Nc1ncnc2c1c(-c1cnc3ccccc3c1)cn2[C@@H]1CCN(C(=O)C=CCN2CCCC2)C1. The van der Waals surface area contributed by atoms with Crippen LogP contribution in [0.4, 0.5) is 5.82 Å². The molecule has 5 heterocycles. The Morgan fingerprint density at radius 3 is 2.86 bits per heavy atom. The fourth-order valence-electron chi connectivity index (χ4n) is 5.37. The second-order valence-corrected chi connectivity index (χ2v) is 9.46. The van der Waals surface area contributed by atoms with Gasteiger partial charge in [0.2, 0.25) is 5.91 Å². The fraction of sp³-hybridized carbons (Fsp3) is 0.333. The minimum atomic E-state index is 0.0799. The molecule has 8 heteroatoms. The molecule has 2 saturated heterocycles. The molecule has 0 spiro atoms. The Labute approximate surface area is 204 Å². The van der Waals surface area contributed by atoms with Gasteiger partial charge in [-0.3, -0.25) is 14.7 Å². The quantitative estimate of drug-likeness (QED) is 0.451. The van der Waals surface area contributed by atoms with Gasteiger partial charge in [-0.25, -0.2) is 9.97 Å². The van der Waals surface area contributed by atoms with Crippen LogP contribution in [0.3, 0.4) is 0 Å². The average Bonchev–Trinajstić information content (AvgIpc) is 3.64. The van der Waals surface area contributed by atoms with Crippen LogP contribution in [0.5, 0.6) is 0 Å². The van der Waals surface area contributed by atoms with E-state index in [0.717, 1.165) is 65.7 Å². The van der Waals surface area contributed by atoms with Gasteiger partial charge >= 0.3 is 0 Å². The maximum Gasteiger partial charge on any atom is 0.246 e. The van der Waals surface area contributed by atoms with Gasteiger partial charge in [-0.2, -0.15) is 0 Å². The van der Waals surface area contributed by atoms with Gasteiger partial charge < -0.3 is 15.2 Å². The van der Waals surface area contributed by atoms with E-state index in [1.807, 2.05) is 35.4 Å². The number of fused-ring (bicyclic) bond motifs is 2. The van der Waals surface area contributed by atoms with Gasteiger partial charge in [0.05, 0.1) is 16.9 Å².